The van der Waals surface area contributed by atoms with E-state index in [2.05, 4.69) is 20.8 Å². The second-order valence-corrected chi connectivity index (χ2v) is 7.48. The molecule has 9 heteroatoms. The number of hydrogen-bond donors (Lipinski definition) is 2. The second-order valence-electron chi connectivity index (χ2n) is 7.04. The first kappa shape index (κ1) is 22.0. The highest BCUT2D eigenvalue weighted by Crippen LogP contribution is 2.22. The lowest BCUT2D eigenvalue weighted by atomic mass is 10.2. The number of aromatic nitrogens is 2. The number of benzene rings is 3. The van der Waals surface area contributed by atoms with Gasteiger partial charge in [-0.15, -0.1) is 10.2 Å². The summed E-state index contributed by atoms with van der Waals surface area (Å²) in [7, 11) is 0. The van der Waals surface area contributed by atoms with E-state index in [0.29, 0.717) is 39.5 Å². The van der Waals surface area contributed by atoms with Crippen LogP contribution in [0.1, 0.15) is 23.2 Å². The molecule has 8 nitrogen and oxygen atoms in total. The van der Waals surface area contributed by atoms with Crippen molar-refractivity contribution in [2.75, 3.05) is 10.6 Å². The van der Waals surface area contributed by atoms with Crippen molar-refractivity contribution in [3.8, 4) is 17.2 Å². The zero-order valence-corrected chi connectivity index (χ0v) is 18.3. The molecule has 0 fully saturated rings. The van der Waals surface area contributed by atoms with Gasteiger partial charge in [0.15, 0.2) is 6.61 Å². The quantitative estimate of drug-likeness (QED) is 0.392. The van der Waals surface area contributed by atoms with Gasteiger partial charge in [-0.05, 0) is 54.6 Å². The Morgan fingerprint density at radius 3 is 2.42 bits per heavy atom. The van der Waals surface area contributed by atoms with Gasteiger partial charge in [0.25, 0.3) is 11.8 Å². The van der Waals surface area contributed by atoms with Crippen LogP contribution in [-0.4, -0.2) is 22.0 Å². The summed E-state index contributed by atoms with van der Waals surface area (Å²) in [4.78, 5) is 23.8. The molecule has 4 aromatic rings. The molecule has 0 saturated carbocycles. The van der Waals surface area contributed by atoms with Gasteiger partial charge in [0.05, 0.1) is 0 Å². The summed E-state index contributed by atoms with van der Waals surface area (Å²) >= 11 is 5.90. The topological polar surface area (TPSA) is 106 Å². The van der Waals surface area contributed by atoms with E-state index in [1.165, 1.54) is 6.92 Å². The molecular formula is C24H19ClN4O4. The van der Waals surface area contributed by atoms with Crippen LogP contribution in [0.2, 0.25) is 5.02 Å². The van der Waals surface area contributed by atoms with Crippen LogP contribution in [0.3, 0.4) is 0 Å². The van der Waals surface area contributed by atoms with Gasteiger partial charge in [-0.1, -0.05) is 23.7 Å². The molecule has 2 N–H and O–H groups in total. The Bertz CT molecular complexity index is 1290. The molecule has 0 spiro atoms. The Hall–Kier alpha value is -4.17. The van der Waals surface area contributed by atoms with Crippen molar-refractivity contribution in [1.82, 2.24) is 10.2 Å². The Labute approximate surface area is 194 Å². The average molecular weight is 463 g/mol. The van der Waals surface area contributed by atoms with E-state index < -0.39 is 0 Å². The number of anilines is 2. The summed E-state index contributed by atoms with van der Waals surface area (Å²) < 4.78 is 11.4. The molecule has 2 amide bonds. The first-order chi connectivity index (χ1) is 16.0. The Balaban J connectivity index is 1.38. The highest BCUT2D eigenvalue weighted by Gasteiger charge is 2.11. The summed E-state index contributed by atoms with van der Waals surface area (Å²) in [6.45, 7) is 1.47. The minimum absolute atomic E-state index is 0.0662. The zero-order valence-electron chi connectivity index (χ0n) is 17.5. The first-order valence-corrected chi connectivity index (χ1v) is 10.3. The fraction of sp³-hybridized carbons (Fsp3) is 0.0833. The summed E-state index contributed by atoms with van der Waals surface area (Å²) in [6.07, 6.45) is 0. The van der Waals surface area contributed by atoms with Crippen LogP contribution in [-0.2, 0) is 11.4 Å². The van der Waals surface area contributed by atoms with Crippen LogP contribution in [0.4, 0.5) is 11.4 Å². The maximum atomic E-state index is 12.6. The maximum Gasteiger partial charge on any atom is 0.255 e. The van der Waals surface area contributed by atoms with Crippen LogP contribution < -0.4 is 15.4 Å². The molecule has 33 heavy (non-hydrogen) atoms. The van der Waals surface area contributed by atoms with Crippen molar-refractivity contribution >= 4 is 34.8 Å². The molecule has 1 heterocycles. The van der Waals surface area contributed by atoms with Crippen molar-refractivity contribution in [1.29, 1.82) is 0 Å². The molecule has 3 aromatic carbocycles. The van der Waals surface area contributed by atoms with E-state index in [4.69, 9.17) is 20.8 Å². The molecule has 4 rings (SSSR count). The van der Waals surface area contributed by atoms with E-state index >= 15 is 0 Å². The van der Waals surface area contributed by atoms with Crippen molar-refractivity contribution in [2.45, 2.75) is 13.5 Å². The molecule has 0 aliphatic carbocycles. The number of hydrogen-bond acceptors (Lipinski definition) is 6. The SMILES string of the molecule is CC(=O)Nc1cccc(C(=O)Nc2cccc(OCc3nnc(-c4ccc(Cl)cc4)o3)c2)c1. The fourth-order valence-electron chi connectivity index (χ4n) is 2.97. The minimum Gasteiger partial charge on any atom is -0.484 e. The molecule has 1 aromatic heterocycles. The molecule has 0 aliphatic heterocycles. The molecule has 0 aliphatic rings. The van der Waals surface area contributed by atoms with E-state index in [-0.39, 0.29) is 18.4 Å². The highest BCUT2D eigenvalue weighted by atomic mass is 35.5. The molecular weight excluding hydrogens is 444 g/mol. The lowest BCUT2D eigenvalue weighted by Gasteiger charge is -2.09. The summed E-state index contributed by atoms with van der Waals surface area (Å²) in [5.41, 5.74) is 2.26. The number of ether oxygens (including phenoxy) is 1. The van der Waals surface area contributed by atoms with Crippen LogP contribution in [0.15, 0.2) is 77.2 Å². The fourth-order valence-corrected chi connectivity index (χ4v) is 3.10. The van der Waals surface area contributed by atoms with Gasteiger partial charge in [-0.25, -0.2) is 0 Å². The van der Waals surface area contributed by atoms with Gasteiger partial charge in [-0.3, -0.25) is 9.59 Å². The Morgan fingerprint density at radius 2 is 1.67 bits per heavy atom. The number of carbonyl (C=O) groups is 2. The first-order valence-electron chi connectivity index (χ1n) is 9.96. The van der Waals surface area contributed by atoms with Crippen LogP contribution >= 0.6 is 11.6 Å². The third-order valence-corrected chi connectivity index (χ3v) is 4.71. The van der Waals surface area contributed by atoms with Gasteiger partial charge in [0.2, 0.25) is 11.8 Å². The Morgan fingerprint density at radius 1 is 0.939 bits per heavy atom. The maximum absolute atomic E-state index is 12.6. The summed E-state index contributed by atoms with van der Waals surface area (Å²) in [5.74, 6) is 0.672. The van der Waals surface area contributed by atoms with Crippen LogP contribution in [0.25, 0.3) is 11.5 Å². The second kappa shape index (κ2) is 9.97. The van der Waals surface area contributed by atoms with Crippen molar-refractivity contribution in [3.63, 3.8) is 0 Å². The lowest BCUT2D eigenvalue weighted by Crippen LogP contribution is -2.13. The minimum atomic E-state index is -0.316. The van der Waals surface area contributed by atoms with Crippen molar-refractivity contribution in [2.24, 2.45) is 0 Å². The predicted molar refractivity (Wildman–Crippen MR) is 124 cm³/mol. The van der Waals surface area contributed by atoms with E-state index in [1.54, 1.807) is 72.8 Å². The number of amides is 2. The van der Waals surface area contributed by atoms with Crippen molar-refractivity contribution in [3.05, 3.63) is 89.3 Å². The molecule has 0 unspecified atom stereocenters. The largest absolute Gasteiger partial charge is 0.484 e. The summed E-state index contributed by atoms with van der Waals surface area (Å²) in [6, 6.07) is 20.7. The monoisotopic (exact) mass is 462 g/mol. The normalized spacial score (nSPS) is 10.5. The highest BCUT2D eigenvalue weighted by molar-refractivity contribution is 6.30. The van der Waals surface area contributed by atoms with Crippen LogP contribution in [0.5, 0.6) is 5.75 Å². The number of nitrogens with zero attached hydrogens (tertiary/aromatic N) is 2. The molecule has 0 radical (unpaired) electrons. The summed E-state index contributed by atoms with van der Waals surface area (Å²) in [5, 5.41) is 14.1. The number of carbonyl (C=O) groups excluding carboxylic acids is 2. The molecule has 0 bridgehead atoms. The Kier molecular flexibility index (Phi) is 6.66. The van der Waals surface area contributed by atoms with Gasteiger partial charge in [0.1, 0.15) is 5.75 Å². The third-order valence-electron chi connectivity index (χ3n) is 4.46. The van der Waals surface area contributed by atoms with E-state index in [9.17, 15) is 9.59 Å². The molecule has 0 saturated heterocycles. The van der Waals surface area contributed by atoms with Gasteiger partial charge in [-0.2, -0.15) is 0 Å². The van der Waals surface area contributed by atoms with Crippen molar-refractivity contribution < 1.29 is 18.7 Å². The number of nitrogens with one attached hydrogen (secondary N) is 2. The lowest BCUT2D eigenvalue weighted by molar-refractivity contribution is -0.114. The third kappa shape index (κ3) is 5.96. The zero-order chi connectivity index (χ0) is 23.2. The van der Waals surface area contributed by atoms with Gasteiger partial charge < -0.3 is 19.8 Å². The van der Waals surface area contributed by atoms with E-state index in [1.807, 2.05) is 0 Å². The van der Waals surface area contributed by atoms with Gasteiger partial charge in [0, 0.05) is 40.5 Å². The standard InChI is InChI=1S/C24H19ClN4O4/c1-15(30)26-19-5-2-4-17(12-19)23(31)27-20-6-3-7-21(13-20)32-14-22-28-29-24(33-22)16-8-10-18(25)11-9-16/h2-13H,14H2,1H3,(H,26,30)(H,27,31). The number of halogens is 1. The predicted octanol–water partition coefficient (Wildman–Crippen LogP) is 5.18. The van der Waals surface area contributed by atoms with Crippen LogP contribution in [0, 0.1) is 0 Å². The smallest absolute Gasteiger partial charge is 0.255 e. The van der Waals surface area contributed by atoms with E-state index in [0.717, 1.165) is 5.56 Å². The average Bonchev–Trinajstić information content (AvgIpc) is 3.27. The molecule has 0 atom stereocenters. The van der Waals surface area contributed by atoms with Gasteiger partial charge >= 0.3 is 0 Å². The number of rotatable bonds is 7. The molecule has 166 valence electrons.